The van der Waals surface area contributed by atoms with Gasteiger partial charge in [-0.05, 0) is 32.0 Å². The lowest BCUT2D eigenvalue weighted by Crippen LogP contribution is -2.03. The Morgan fingerprint density at radius 3 is 2.48 bits per heavy atom. The van der Waals surface area contributed by atoms with Gasteiger partial charge in [0.15, 0.2) is 0 Å². The zero-order valence-electron chi connectivity index (χ0n) is 11.6. The topological polar surface area (TPSA) is 56.7 Å². The molecule has 21 heavy (non-hydrogen) atoms. The summed E-state index contributed by atoms with van der Waals surface area (Å²) >= 11 is 12.3. The fourth-order valence-corrected chi connectivity index (χ4v) is 2.88. The van der Waals surface area contributed by atoms with Gasteiger partial charge in [-0.15, -0.1) is 0 Å². The maximum absolute atomic E-state index is 6.14. The van der Waals surface area contributed by atoms with E-state index in [0.29, 0.717) is 15.7 Å². The molecule has 0 saturated heterocycles. The quantitative estimate of drug-likeness (QED) is 0.704. The van der Waals surface area contributed by atoms with Crippen molar-refractivity contribution in [1.82, 2.24) is 14.5 Å². The third-order valence-electron chi connectivity index (χ3n) is 3.35. The van der Waals surface area contributed by atoms with Crippen molar-refractivity contribution in [2.45, 2.75) is 19.9 Å². The van der Waals surface area contributed by atoms with Crippen LogP contribution in [-0.4, -0.2) is 14.5 Å². The molecule has 0 spiro atoms. The average molecular weight is 321 g/mol. The Kier molecular flexibility index (Phi) is 3.51. The number of hydrogen-bond donors (Lipinski definition) is 1. The summed E-state index contributed by atoms with van der Waals surface area (Å²) in [5.41, 5.74) is 8.89. The van der Waals surface area contributed by atoms with Crippen LogP contribution < -0.4 is 5.73 Å². The van der Waals surface area contributed by atoms with Crippen molar-refractivity contribution in [3.8, 4) is 11.4 Å². The van der Waals surface area contributed by atoms with Gasteiger partial charge in [0, 0.05) is 17.8 Å². The Morgan fingerprint density at radius 1 is 1.19 bits per heavy atom. The number of anilines is 1. The predicted octanol–water partition coefficient (Wildman–Crippen LogP) is 4.57. The first-order valence-corrected chi connectivity index (χ1v) is 7.31. The van der Waals surface area contributed by atoms with Crippen LogP contribution in [-0.2, 0) is 0 Å². The second kappa shape index (κ2) is 5.20. The van der Waals surface area contributed by atoms with Gasteiger partial charge in [-0.1, -0.05) is 23.2 Å². The van der Waals surface area contributed by atoms with Gasteiger partial charge >= 0.3 is 0 Å². The minimum Gasteiger partial charge on any atom is -0.396 e. The molecule has 0 bridgehead atoms. The number of benzene rings is 1. The van der Waals surface area contributed by atoms with E-state index in [1.807, 2.05) is 6.07 Å². The molecule has 108 valence electrons. The Morgan fingerprint density at radius 2 is 1.86 bits per heavy atom. The lowest BCUT2D eigenvalue weighted by molar-refractivity contribution is 0.624. The van der Waals surface area contributed by atoms with Crippen LogP contribution in [0.25, 0.3) is 22.4 Å². The molecule has 0 aliphatic rings. The molecule has 0 unspecified atom stereocenters. The Bertz CT molecular complexity index is 801. The predicted molar refractivity (Wildman–Crippen MR) is 87.8 cm³/mol. The van der Waals surface area contributed by atoms with Crippen molar-refractivity contribution in [3.05, 3.63) is 40.6 Å². The molecule has 0 aliphatic heterocycles. The molecule has 6 heteroatoms. The van der Waals surface area contributed by atoms with Crippen LogP contribution in [0.2, 0.25) is 10.0 Å². The second-order valence-electron chi connectivity index (χ2n) is 5.12. The largest absolute Gasteiger partial charge is 0.396 e. The van der Waals surface area contributed by atoms with Gasteiger partial charge in [-0.3, -0.25) is 4.98 Å². The highest BCUT2D eigenvalue weighted by atomic mass is 35.5. The maximum atomic E-state index is 6.14. The van der Waals surface area contributed by atoms with Crippen molar-refractivity contribution in [3.63, 3.8) is 0 Å². The fraction of sp³-hybridized carbons (Fsp3) is 0.200. The number of fused-ring (bicyclic) bond motifs is 1. The lowest BCUT2D eigenvalue weighted by Gasteiger charge is -2.14. The number of halogens is 2. The van der Waals surface area contributed by atoms with Gasteiger partial charge in [-0.2, -0.15) is 0 Å². The van der Waals surface area contributed by atoms with Crippen LogP contribution in [0.5, 0.6) is 0 Å². The van der Waals surface area contributed by atoms with E-state index >= 15 is 0 Å². The molecule has 0 radical (unpaired) electrons. The molecule has 3 rings (SSSR count). The monoisotopic (exact) mass is 320 g/mol. The van der Waals surface area contributed by atoms with Crippen LogP contribution in [0.15, 0.2) is 30.6 Å². The Hall–Kier alpha value is -1.78. The normalized spacial score (nSPS) is 11.5. The first kappa shape index (κ1) is 14.2. The smallest absolute Gasteiger partial charge is 0.141 e. The van der Waals surface area contributed by atoms with Crippen molar-refractivity contribution >= 4 is 39.9 Å². The summed E-state index contributed by atoms with van der Waals surface area (Å²) in [6, 6.07) is 5.77. The number of hydrogen-bond acceptors (Lipinski definition) is 3. The first-order valence-electron chi connectivity index (χ1n) is 6.56. The van der Waals surface area contributed by atoms with Gasteiger partial charge in [0.25, 0.3) is 0 Å². The van der Waals surface area contributed by atoms with Crippen LogP contribution in [0.3, 0.4) is 0 Å². The van der Waals surface area contributed by atoms with E-state index in [4.69, 9.17) is 28.9 Å². The van der Waals surface area contributed by atoms with Gasteiger partial charge in [0.1, 0.15) is 11.3 Å². The van der Waals surface area contributed by atoms with Crippen LogP contribution in [0, 0.1) is 0 Å². The standard InChI is InChI=1S/C15H14Cl2N4/c1-8(2)21-13-3-4-19-7-12(13)20-15(21)9-5-10(16)14(18)11(17)6-9/h3-8H,18H2,1-2H3. The summed E-state index contributed by atoms with van der Waals surface area (Å²) < 4.78 is 2.13. The summed E-state index contributed by atoms with van der Waals surface area (Å²) in [6.45, 7) is 4.21. The third kappa shape index (κ3) is 2.34. The molecule has 0 aliphatic carbocycles. The molecule has 2 N–H and O–H groups in total. The van der Waals surface area contributed by atoms with Gasteiger partial charge in [0.2, 0.25) is 0 Å². The highest BCUT2D eigenvalue weighted by Gasteiger charge is 2.16. The number of nitrogen functional groups attached to an aromatic ring is 1. The number of nitrogens with zero attached hydrogens (tertiary/aromatic N) is 3. The highest BCUT2D eigenvalue weighted by molar-refractivity contribution is 6.39. The summed E-state index contributed by atoms with van der Waals surface area (Å²) in [7, 11) is 0. The molecular formula is C15H14Cl2N4. The SMILES string of the molecule is CC(C)n1c(-c2cc(Cl)c(N)c(Cl)c2)nc2cnccc21. The first-order chi connectivity index (χ1) is 9.99. The van der Waals surface area contributed by atoms with E-state index in [0.717, 1.165) is 22.4 Å². The number of aromatic nitrogens is 3. The zero-order chi connectivity index (χ0) is 15.1. The zero-order valence-corrected chi connectivity index (χ0v) is 13.2. The molecule has 0 saturated carbocycles. The van der Waals surface area contributed by atoms with E-state index in [1.165, 1.54) is 0 Å². The fourth-order valence-electron chi connectivity index (χ4n) is 2.39. The molecule has 0 atom stereocenters. The van der Waals surface area contributed by atoms with Gasteiger partial charge in [0.05, 0.1) is 27.4 Å². The maximum Gasteiger partial charge on any atom is 0.141 e. The lowest BCUT2D eigenvalue weighted by atomic mass is 10.2. The molecule has 1 aromatic carbocycles. The van der Waals surface area contributed by atoms with Crippen molar-refractivity contribution in [1.29, 1.82) is 0 Å². The van der Waals surface area contributed by atoms with Crippen molar-refractivity contribution in [2.75, 3.05) is 5.73 Å². The van der Waals surface area contributed by atoms with Crippen LogP contribution >= 0.6 is 23.2 Å². The molecule has 3 aromatic rings. The van der Waals surface area contributed by atoms with E-state index in [1.54, 1.807) is 24.5 Å². The minimum absolute atomic E-state index is 0.238. The molecular weight excluding hydrogens is 307 g/mol. The van der Waals surface area contributed by atoms with E-state index < -0.39 is 0 Å². The summed E-state index contributed by atoms with van der Waals surface area (Å²) in [6.07, 6.45) is 3.51. The molecule has 2 aromatic heterocycles. The molecule has 0 amide bonds. The third-order valence-corrected chi connectivity index (χ3v) is 3.97. The van der Waals surface area contributed by atoms with Crippen LogP contribution in [0.4, 0.5) is 5.69 Å². The van der Waals surface area contributed by atoms with E-state index in [2.05, 4.69) is 28.4 Å². The Balaban J connectivity index is 2.32. The number of pyridine rings is 1. The van der Waals surface area contributed by atoms with E-state index in [-0.39, 0.29) is 6.04 Å². The molecule has 0 fully saturated rings. The van der Waals surface area contributed by atoms with Gasteiger partial charge in [-0.25, -0.2) is 4.98 Å². The number of imidazole rings is 1. The number of rotatable bonds is 2. The Labute approximate surface area is 132 Å². The number of nitrogens with two attached hydrogens (primary N) is 1. The molecule has 4 nitrogen and oxygen atoms in total. The van der Waals surface area contributed by atoms with E-state index in [9.17, 15) is 0 Å². The highest BCUT2D eigenvalue weighted by Crippen LogP contribution is 2.35. The second-order valence-corrected chi connectivity index (χ2v) is 5.93. The summed E-state index contributed by atoms with van der Waals surface area (Å²) in [4.78, 5) is 8.78. The molecule has 2 heterocycles. The van der Waals surface area contributed by atoms with Crippen LogP contribution in [0.1, 0.15) is 19.9 Å². The summed E-state index contributed by atoms with van der Waals surface area (Å²) in [5.74, 6) is 0.803. The summed E-state index contributed by atoms with van der Waals surface area (Å²) in [5, 5.41) is 0.857. The minimum atomic E-state index is 0.238. The van der Waals surface area contributed by atoms with Crippen molar-refractivity contribution in [2.24, 2.45) is 0 Å². The van der Waals surface area contributed by atoms with Crippen molar-refractivity contribution < 1.29 is 0 Å². The average Bonchev–Trinajstić information content (AvgIpc) is 2.83. The van der Waals surface area contributed by atoms with Gasteiger partial charge < -0.3 is 10.3 Å².